The van der Waals surface area contributed by atoms with Gasteiger partial charge in [-0.25, -0.2) is 0 Å². The Kier molecular flexibility index (Phi) is 4.35. The topological polar surface area (TPSA) is 65.8 Å². The van der Waals surface area contributed by atoms with Crippen molar-refractivity contribution in [1.29, 1.82) is 0 Å². The fourth-order valence-corrected chi connectivity index (χ4v) is 1.15. The number of aldehydes is 1. The fourth-order valence-electron chi connectivity index (χ4n) is 1.15. The summed E-state index contributed by atoms with van der Waals surface area (Å²) in [6, 6.07) is 2.64. The molecule has 7 heteroatoms. The Balaban J connectivity index is 3.17. The van der Waals surface area contributed by atoms with Gasteiger partial charge in [-0.05, 0) is 23.7 Å². The number of benzene rings is 1. The SMILES string of the molecule is [N-]=[N+]=NCC#Cc1cc(C(F)(F)F)ccc1C=O. The second-order valence-electron chi connectivity index (χ2n) is 3.11. The van der Waals surface area contributed by atoms with Crippen LogP contribution >= 0.6 is 0 Å². The van der Waals surface area contributed by atoms with Crippen LogP contribution in [0.5, 0.6) is 0 Å². The van der Waals surface area contributed by atoms with Crippen LogP contribution in [-0.2, 0) is 6.18 Å². The minimum atomic E-state index is -4.50. The summed E-state index contributed by atoms with van der Waals surface area (Å²) in [7, 11) is 0. The zero-order valence-electron chi connectivity index (χ0n) is 8.90. The van der Waals surface area contributed by atoms with Crippen LogP contribution in [0.25, 0.3) is 10.4 Å². The minimum absolute atomic E-state index is 0.0482. The fraction of sp³-hybridized carbons (Fsp3) is 0.182. The van der Waals surface area contributed by atoms with Gasteiger partial charge in [0.2, 0.25) is 0 Å². The van der Waals surface area contributed by atoms with Gasteiger partial charge in [0.25, 0.3) is 0 Å². The molecule has 0 aliphatic rings. The number of rotatable bonds is 2. The maximum Gasteiger partial charge on any atom is 0.416 e. The lowest BCUT2D eigenvalue weighted by molar-refractivity contribution is -0.137. The van der Waals surface area contributed by atoms with Crippen molar-refractivity contribution in [3.63, 3.8) is 0 Å². The third-order valence-corrected chi connectivity index (χ3v) is 1.94. The number of hydrogen-bond donors (Lipinski definition) is 0. The van der Waals surface area contributed by atoms with E-state index in [1.165, 1.54) is 0 Å². The monoisotopic (exact) mass is 253 g/mol. The normalized spacial score (nSPS) is 9.94. The van der Waals surface area contributed by atoms with E-state index < -0.39 is 11.7 Å². The quantitative estimate of drug-likeness (QED) is 0.262. The Labute approximate surface area is 100 Å². The first-order valence-electron chi connectivity index (χ1n) is 4.65. The minimum Gasteiger partial charge on any atom is -0.298 e. The van der Waals surface area contributed by atoms with E-state index in [-0.39, 0.29) is 17.7 Å². The first kappa shape index (κ1) is 13.6. The maximum absolute atomic E-state index is 12.4. The molecule has 4 nitrogen and oxygen atoms in total. The van der Waals surface area contributed by atoms with Crippen molar-refractivity contribution < 1.29 is 18.0 Å². The van der Waals surface area contributed by atoms with Gasteiger partial charge in [0.05, 0.1) is 12.1 Å². The molecule has 0 radical (unpaired) electrons. The van der Waals surface area contributed by atoms with E-state index in [1.54, 1.807) is 0 Å². The van der Waals surface area contributed by atoms with Crippen LogP contribution in [0.2, 0.25) is 0 Å². The average molecular weight is 253 g/mol. The van der Waals surface area contributed by atoms with Gasteiger partial charge in [-0.2, -0.15) is 13.2 Å². The number of carbonyl (C=O) groups excluding carboxylic acids is 1. The van der Waals surface area contributed by atoms with E-state index in [4.69, 9.17) is 5.53 Å². The number of halogens is 3. The summed E-state index contributed by atoms with van der Waals surface area (Å²) in [4.78, 5) is 13.1. The van der Waals surface area contributed by atoms with Gasteiger partial charge in [-0.15, -0.1) is 0 Å². The summed E-state index contributed by atoms with van der Waals surface area (Å²) in [6.07, 6.45) is -4.08. The molecule has 0 amide bonds. The number of hydrogen-bond acceptors (Lipinski definition) is 2. The lowest BCUT2D eigenvalue weighted by Gasteiger charge is -2.07. The highest BCUT2D eigenvalue weighted by molar-refractivity contribution is 5.79. The van der Waals surface area contributed by atoms with E-state index >= 15 is 0 Å². The molecule has 0 aliphatic heterocycles. The molecule has 0 saturated heterocycles. The number of alkyl halides is 3. The molecule has 18 heavy (non-hydrogen) atoms. The van der Waals surface area contributed by atoms with Crippen LogP contribution in [-0.4, -0.2) is 12.8 Å². The highest BCUT2D eigenvalue weighted by Crippen LogP contribution is 2.30. The van der Waals surface area contributed by atoms with Gasteiger partial charge >= 0.3 is 6.18 Å². The Bertz CT molecular complexity index is 563. The molecule has 0 spiro atoms. The van der Waals surface area contributed by atoms with Crippen LogP contribution in [0.1, 0.15) is 21.5 Å². The van der Waals surface area contributed by atoms with Gasteiger partial charge in [0.15, 0.2) is 6.29 Å². The number of azide groups is 1. The van der Waals surface area contributed by atoms with Crippen molar-refractivity contribution in [2.75, 3.05) is 6.54 Å². The van der Waals surface area contributed by atoms with Crippen LogP contribution in [0.3, 0.4) is 0 Å². The van der Waals surface area contributed by atoms with Gasteiger partial charge in [0.1, 0.15) is 0 Å². The molecular weight excluding hydrogens is 247 g/mol. The Morgan fingerprint density at radius 1 is 1.44 bits per heavy atom. The van der Waals surface area contributed by atoms with Crippen molar-refractivity contribution in [3.8, 4) is 11.8 Å². The molecule has 1 aromatic rings. The standard InChI is InChI=1S/C11H6F3N3O/c12-11(13,14)10-4-3-9(7-18)8(6-10)2-1-5-16-17-15/h3-4,6-7H,5H2. The van der Waals surface area contributed by atoms with Crippen LogP contribution in [0.15, 0.2) is 23.3 Å². The predicted octanol–water partition coefficient (Wildman–Crippen LogP) is 3.18. The highest BCUT2D eigenvalue weighted by atomic mass is 19.4. The summed E-state index contributed by atoms with van der Waals surface area (Å²) in [5.41, 5.74) is 7.12. The predicted molar refractivity (Wildman–Crippen MR) is 57.7 cm³/mol. The van der Waals surface area contributed by atoms with E-state index in [9.17, 15) is 18.0 Å². The van der Waals surface area contributed by atoms with E-state index in [1.807, 2.05) is 0 Å². The molecule has 0 saturated carbocycles. The Hall–Kier alpha value is -2.45. The highest BCUT2D eigenvalue weighted by Gasteiger charge is 2.30. The number of nitrogens with zero attached hydrogens (tertiary/aromatic N) is 3. The molecule has 92 valence electrons. The van der Waals surface area contributed by atoms with Crippen molar-refractivity contribution in [1.82, 2.24) is 0 Å². The molecule has 0 aliphatic carbocycles. The van der Waals surface area contributed by atoms with Gasteiger partial charge in [-0.3, -0.25) is 4.79 Å². The van der Waals surface area contributed by atoms with Crippen LogP contribution in [0.4, 0.5) is 13.2 Å². The lowest BCUT2D eigenvalue weighted by Crippen LogP contribution is -2.06. The molecule has 1 rings (SSSR count). The summed E-state index contributed by atoms with van der Waals surface area (Å²) < 4.78 is 37.3. The summed E-state index contributed by atoms with van der Waals surface area (Å²) >= 11 is 0. The Morgan fingerprint density at radius 3 is 2.72 bits per heavy atom. The van der Waals surface area contributed by atoms with E-state index in [2.05, 4.69) is 21.9 Å². The van der Waals surface area contributed by atoms with Gasteiger partial charge in [0, 0.05) is 16.0 Å². The third kappa shape index (κ3) is 3.54. The average Bonchev–Trinajstić information content (AvgIpc) is 2.33. The molecule has 0 atom stereocenters. The van der Waals surface area contributed by atoms with Gasteiger partial charge in [-0.1, -0.05) is 17.0 Å². The smallest absolute Gasteiger partial charge is 0.298 e. The molecular formula is C11H6F3N3O. The Morgan fingerprint density at radius 2 is 2.17 bits per heavy atom. The molecule has 0 aromatic heterocycles. The molecule has 0 fully saturated rings. The van der Waals surface area contributed by atoms with E-state index in [0.29, 0.717) is 6.29 Å². The van der Waals surface area contributed by atoms with Crippen LogP contribution < -0.4 is 0 Å². The van der Waals surface area contributed by atoms with Crippen LogP contribution in [0, 0.1) is 11.8 Å². The first-order valence-corrected chi connectivity index (χ1v) is 4.65. The first-order chi connectivity index (χ1) is 8.49. The van der Waals surface area contributed by atoms with E-state index in [0.717, 1.165) is 18.2 Å². The lowest BCUT2D eigenvalue weighted by atomic mass is 10.0. The molecule has 0 bridgehead atoms. The zero-order valence-corrected chi connectivity index (χ0v) is 8.90. The van der Waals surface area contributed by atoms with Crippen molar-refractivity contribution in [2.45, 2.75) is 6.18 Å². The maximum atomic E-state index is 12.4. The second kappa shape index (κ2) is 5.75. The van der Waals surface area contributed by atoms with Crippen molar-refractivity contribution >= 4 is 6.29 Å². The summed E-state index contributed by atoms with van der Waals surface area (Å²) in [5.74, 6) is 4.72. The summed E-state index contributed by atoms with van der Waals surface area (Å²) in [6.45, 7) is -0.176. The van der Waals surface area contributed by atoms with Crippen molar-refractivity contribution in [3.05, 3.63) is 45.3 Å². The number of carbonyl (C=O) groups is 1. The molecule has 0 N–H and O–H groups in total. The van der Waals surface area contributed by atoms with Gasteiger partial charge < -0.3 is 0 Å². The second-order valence-corrected chi connectivity index (χ2v) is 3.11. The summed E-state index contributed by atoms with van der Waals surface area (Å²) in [5, 5.41) is 3.11. The largest absolute Gasteiger partial charge is 0.416 e. The third-order valence-electron chi connectivity index (χ3n) is 1.94. The zero-order chi connectivity index (χ0) is 13.6. The molecule has 0 heterocycles. The van der Waals surface area contributed by atoms with Crippen molar-refractivity contribution in [2.24, 2.45) is 5.11 Å². The molecule has 0 unspecified atom stereocenters. The molecule has 1 aromatic carbocycles.